The number of ether oxygens (including phenoxy) is 1. The van der Waals surface area contributed by atoms with E-state index in [1.807, 2.05) is 0 Å². The van der Waals surface area contributed by atoms with E-state index in [9.17, 15) is 4.79 Å². The van der Waals surface area contributed by atoms with Crippen molar-refractivity contribution in [3.8, 4) is 0 Å². The highest BCUT2D eigenvalue weighted by Crippen LogP contribution is 2.18. The van der Waals surface area contributed by atoms with Gasteiger partial charge < -0.3 is 4.74 Å². The predicted molar refractivity (Wildman–Crippen MR) is 244 cm³/mol. The summed E-state index contributed by atoms with van der Waals surface area (Å²) in [6.07, 6.45) is 63.9. The number of hydrogen-bond acceptors (Lipinski definition) is 2. The van der Waals surface area contributed by atoms with Crippen LogP contribution in [0.25, 0.3) is 0 Å². The Bertz CT molecular complexity index is 671. The van der Waals surface area contributed by atoms with E-state index in [2.05, 4.69) is 20.8 Å². The van der Waals surface area contributed by atoms with E-state index >= 15 is 0 Å². The van der Waals surface area contributed by atoms with Gasteiger partial charge in [-0.1, -0.05) is 297 Å². The van der Waals surface area contributed by atoms with E-state index in [4.69, 9.17) is 4.74 Å². The number of rotatable bonds is 48. The Morgan fingerprint density at radius 2 is 0.537 bits per heavy atom. The molecule has 0 saturated carbocycles. The molecule has 0 aromatic heterocycles. The van der Waals surface area contributed by atoms with Crippen molar-refractivity contribution in [2.24, 2.45) is 5.92 Å². The second-order valence-corrected chi connectivity index (χ2v) is 18.4. The molecule has 0 bridgehead atoms. The first-order valence-corrected chi connectivity index (χ1v) is 25.8. The summed E-state index contributed by atoms with van der Waals surface area (Å²) < 4.78 is 5.49. The smallest absolute Gasteiger partial charge is 0.305 e. The molecule has 0 aliphatic heterocycles. The second kappa shape index (κ2) is 48.6. The fourth-order valence-corrected chi connectivity index (χ4v) is 8.33. The molecule has 2 heteroatoms. The van der Waals surface area contributed by atoms with Crippen LogP contribution in [0.2, 0.25) is 0 Å². The normalized spacial score (nSPS) is 11.6. The fourth-order valence-electron chi connectivity index (χ4n) is 8.33. The lowest BCUT2D eigenvalue weighted by Gasteiger charge is -2.06. The van der Waals surface area contributed by atoms with Crippen LogP contribution in [0, 0.1) is 5.92 Å². The molecular weight excluding hydrogens is 657 g/mol. The highest BCUT2D eigenvalue weighted by Gasteiger charge is 2.03. The SMILES string of the molecule is CCCCCCCCCCCCCCCCCC(=O)OCCCCCCCCCCCCCCCCCCCCCCCCCCCCCCCC(C)C. The number of unbranched alkanes of at least 4 members (excludes halogenated alkanes) is 42. The number of esters is 1. The molecule has 0 amide bonds. The van der Waals surface area contributed by atoms with Crippen LogP contribution in [0.3, 0.4) is 0 Å². The summed E-state index contributed by atoms with van der Waals surface area (Å²) >= 11 is 0. The molecule has 0 aliphatic carbocycles. The Morgan fingerprint density at radius 3 is 0.796 bits per heavy atom. The minimum Gasteiger partial charge on any atom is -0.466 e. The summed E-state index contributed by atoms with van der Waals surface area (Å²) in [6.45, 7) is 7.63. The molecule has 0 aromatic carbocycles. The molecule has 0 aromatic rings. The minimum atomic E-state index is 0.0325. The van der Waals surface area contributed by atoms with Gasteiger partial charge in [0.2, 0.25) is 0 Å². The third kappa shape index (κ3) is 49.5. The van der Waals surface area contributed by atoms with Gasteiger partial charge in [-0.05, 0) is 18.8 Å². The molecule has 0 N–H and O–H groups in total. The van der Waals surface area contributed by atoms with Gasteiger partial charge >= 0.3 is 5.97 Å². The Labute approximate surface area is 343 Å². The first-order chi connectivity index (χ1) is 26.7. The summed E-state index contributed by atoms with van der Waals surface area (Å²) in [7, 11) is 0. The molecule has 324 valence electrons. The molecule has 0 radical (unpaired) electrons. The predicted octanol–water partition coefficient (Wildman–Crippen LogP) is 19.2. The quantitative estimate of drug-likeness (QED) is 0.0456. The summed E-state index contributed by atoms with van der Waals surface area (Å²) in [5, 5.41) is 0. The van der Waals surface area contributed by atoms with Crippen molar-refractivity contribution in [1.82, 2.24) is 0 Å². The van der Waals surface area contributed by atoms with Gasteiger partial charge in [-0.3, -0.25) is 4.79 Å². The molecule has 0 rings (SSSR count). The number of hydrogen-bond donors (Lipinski definition) is 0. The van der Waals surface area contributed by atoms with Crippen molar-refractivity contribution in [2.75, 3.05) is 6.61 Å². The van der Waals surface area contributed by atoms with Gasteiger partial charge in [0.25, 0.3) is 0 Å². The van der Waals surface area contributed by atoms with Gasteiger partial charge in [-0.25, -0.2) is 0 Å². The molecular formula is C52H104O2. The Hall–Kier alpha value is -0.530. The van der Waals surface area contributed by atoms with Gasteiger partial charge in [-0.2, -0.15) is 0 Å². The zero-order valence-corrected chi connectivity index (χ0v) is 38.1. The van der Waals surface area contributed by atoms with Crippen molar-refractivity contribution in [1.29, 1.82) is 0 Å². The summed E-state index contributed by atoms with van der Waals surface area (Å²) in [6, 6.07) is 0. The highest BCUT2D eigenvalue weighted by atomic mass is 16.5. The van der Waals surface area contributed by atoms with Crippen molar-refractivity contribution in [3.05, 3.63) is 0 Å². The fraction of sp³-hybridized carbons (Fsp3) is 0.981. The minimum absolute atomic E-state index is 0.0325. The van der Waals surface area contributed by atoms with Crippen LogP contribution in [-0.4, -0.2) is 12.6 Å². The molecule has 0 saturated heterocycles. The molecule has 0 heterocycles. The van der Waals surface area contributed by atoms with E-state index in [0.717, 1.165) is 18.8 Å². The topological polar surface area (TPSA) is 26.3 Å². The Morgan fingerprint density at radius 1 is 0.315 bits per heavy atom. The van der Waals surface area contributed by atoms with E-state index in [-0.39, 0.29) is 5.97 Å². The lowest BCUT2D eigenvalue weighted by atomic mass is 10.0. The van der Waals surface area contributed by atoms with Crippen LogP contribution >= 0.6 is 0 Å². The Kier molecular flexibility index (Phi) is 48.1. The van der Waals surface area contributed by atoms with Crippen molar-refractivity contribution < 1.29 is 9.53 Å². The number of carbonyl (C=O) groups excluding carboxylic acids is 1. The van der Waals surface area contributed by atoms with E-state index < -0.39 is 0 Å². The second-order valence-electron chi connectivity index (χ2n) is 18.4. The van der Waals surface area contributed by atoms with Crippen LogP contribution in [0.1, 0.15) is 316 Å². The van der Waals surface area contributed by atoms with Gasteiger partial charge in [0.05, 0.1) is 6.61 Å². The standard InChI is InChI=1S/C52H104O2/c1-4-5-6-7-8-9-10-11-27-31-34-37-40-43-46-49-52(53)54-50-47-44-41-38-35-32-29-26-24-22-20-18-16-14-12-13-15-17-19-21-23-25-28-30-33-36-39-42-45-48-51(2)3/h51H,4-50H2,1-3H3. The van der Waals surface area contributed by atoms with Gasteiger partial charge in [-0.15, -0.1) is 0 Å². The van der Waals surface area contributed by atoms with Gasteiger partial charge in [0.15, 0.2) is 0 Å². The molecule has 0 unspecified atom stereocenters. The molecule has 0 fully saturated rings. The van der Waals surface area contributed by atoms with E-state index in [0.29, 0.717) is 13.0 Å². The number of carbonyl (C=O) groups is 1. The molecule has 54 heavy (non-hydrogen) atoms. The molecule has 0 spiro atoms. The largest absolute Gasteiger partial charge is 0.466 e. The lowest BCUT2D eigenvalue weighted by Crippen LogP contribution is -2.05. The van der Waals surface area contributed by atoms with Crippen LogP contribution in [0.15, 0.2) is 0 Å². The zero-order chi connectivity index (χ0) is 39.1. The maximum atomic E-state index is 12.0. The van der Waals surface area contributed by atoms with Crippen molar-refractivity contribution >= 4 is 5.97 Å². The van der Waals surface area contributed by atoms with Gasteiger partial charge in [0.1, 0.15) is 0 Å². The zero-order valence-electron chi connectivity index (χ0n) is 38.1. The first-order valence-electron chi connectivity index (χ1n) is 25.8. The third-order valence-electron chi connectivity index (χ3n) is 12.2. The van der Waals surface area contributed by atoms with Crippen LogP contribution < -0.4 is 0 Å². The monoisotopic (exact) mass is 761 g/mol. The molecule has 0 atom stereocenters. The average molecular weight is 761 g/mol. The maximum absolute atomic E-state index is 12.0. The van der Waals surface area contributed by atoms with Crippen molar-refractivity contribution in [2.45, 2.75) is 316 Å². The molecule has 2 nitrogen and oxygen atoms in total. The van der Waals surface area contributed by atoms with Crippen LogP contribution in [0.4, 0.5) is 0 Å². The van der Waals surface area contributed by atoms with Crippen molar-refractivity contribution in [3.63, 3.8) is 0 Å². The summed E-state index contributed by atoms with van der Waals surface area (Å²) in [5.74, 6) is 0.921. The maximum Gasteiger partial charge on any atom is 0.305 e. The average Bonchev–Trinajstić information content (AvgIpc) is 3.16. The Balaban J connectivity index is 3.13. The summed E-state index contributed by atoms with van der Waals surface area (Å²) in [5.41, 5.74) is 0. The van der Waals surface area contributed by atoms with Gasteiger partial charge in [0, 0.05) is 6.42 Å². The van der Waals surface area contributed by atoms with Crippen LogP contribution in [0.5, 0.6) is 0 Å². The van der Waals surface area contributed by atoms with Crippen LogP contribution in [-0.2, 0) is 9.53 Å². The molecule has 0 aliphatic rings. The highest BCUT2D eigenvalue weighted by molar-refractivity contribution is 5.69. The first kappa shape index (κ1) is 53.5. The van der Waals surface area contributed by atoms with E-state index in [1.54, 1.807) is 0 Å². The lowest BCUT2D eigenvalue weighted by molar-refractivity contribution is -0.143. The summed E-state index contributed by atoms with van der Waals surface area (Å²) in [4.78, 5) is 12.0. The van der Waals surface area contributed by atoms with E-state index in [1.165, 1.54) is 276 Å². The third-order valence-corrected chi connectivity index (χ3v) is 12.2.